The number of halogens is 1. The second kappa shape index (κ2) is 5.56. The van der Waals surface area contributed by atoms with E-state index in [0.717, 1.165) is 16.3 Å². The summed E-state index contributed by atoms with van der Waals surface area (Å²) < 4.78 is 0. The summed E-state index contributed by atoms with van der Waals surface area (Å²) in [5.74, 6) is 0. The van der Waals surface area contributed by atoms with Gasteiger partial charge in [0.25, 0.3) is 0 Å². The predicted molar refractivity (Wildman–Crippen MR) is 87.4 cm³/mol. The van der Waals surface area contributed by atoms with Crippen molar-refractivity contribution in [1.82, 2.24) is 0 Å². The highest BCUT2D eigenvalue weighted by Crippen LogP contribution is 2.29. The molecule has 0 spiro atoms. The van der Waals surface area contributed by atoms with Crippen LogP contribution in [0.2, 0.25) is 5.02 Å². The fourth-order valence-corrected chi connectivity index (χ4v) is 2.79. The van der Waals surface area contributed by atoms with E-state index in [1.807, 2.05) is 18.2 Å². The standard InChI is InChI=1S/C18H16ClN/c1-13(15-9-4-5-11-17(15)19)20-18-12-6-8-14-7-2-3-10-16(14)18/h2-13,20H,1H3. The van der Waals surface area contributed by atoms with E-state index >= 15 is 0 Å². The van der Waals surface area contributed by atoms with Crippen LogP contribution in [0, 0.1) is 0 Å². The molecular formula is C18H16ClN. The molecule has 0 saturated carbocycles. The highest BCUT2D eigenvalue weighted by molar-refractivity contribution is 6.31. The molecule has 2 heteroatoms. The third-order valence-electron chi connectivity index (χ3n) is 3.53. The van der Waals surface area contributed by atoms with Crippen molar-refractivity contribution < 1.29 is 0 Å². The SMILES string of the molecule is CC(Nc1cccc2ccccc12)c1ccccc1Cl. The van der Waals surface area contributed by atoms with Gasteiger partial charge in [-0.3, -0.25) is 0 Å². The highest BCUT2D eigenvalue weighted by atomic mass is 35.5. The summed E-state index contributed by atoms with van der Waals surface area (Å²) in [4.78, 5) is 0. The molecule has 3 aromatic rings. The Labute approximate surface area is 124 Å². The molecular weight excluding hydrogens is 266 g/mol. The van der Waals surface area contributed by atoms with E-state index in [4.69, 9.17) is 11.6 Å². The fraction of sp³-hybridized carbons (Fsp3) is 0.111. The summed E-state index contributed by atoms with van der Waals surface area (Å²) in [7, 11) is 0. The minimum atomic E-state index is 0.162. The van der Waals surface area contributed by atoms with E-state index in [2.05, 4.69) is 60.8 Å². The minimum Gasteiger partial charge on any atom is -0.378 e. The maximum Gasteiger partial charge on any atom is 0.0500 e. The first-order valence-corrected chi connectivity index (χ1v) is 7.12. The summed E-state index contributed by atoms with van der Waals surface area (Å²) in [5, 5.41) is 6.83. The molecule has 3 aromatic carbocycles. The second-order valence-electron chi connectivity index (χ2n) is 4.91. The number of benzene rings is 3. The number of hydrogen-bond donors (Lipinski definition) is 1. The third-order valence-corrected chi connectivity index (χ3v) is 3.88. The first-order chi connectivity index (χ1) is 9.75. The maximum absolute atomic E-state index is 6.26. The summed E-state index contributed by atoms with van der Waals surface area (Å²) >= 11 is 6.26. The number of fused-ring (bicyclic) bond motifs is 1. The molecule has 0 aliphatic heterocycles. The Hall–Kier alpha value is -1.99. The van der Waals surface area contributed by atoms with E-state index in [1.165, 1.54) is 10.8 Å². The van der Waals surface area contributed by atoms with Gasteiger partial charge in [0.2, 0.25) is 0 Å². The summed E-state index contributed by atoms with van der Waals surface area (Å²) in [6.07, 6.45) is 0. The van der Waals surface area contributed by atoms with Gasteiger partial charge in [-0.2, -0.15) is 0 Å². The van der Waals surface area contributed by atoms with Crippen LogP contribution in [-0.2, 0) is 0 Å². The first kappa shape index (κ1) is 13.0. The van der Waals surface area contributed by atoms with E-state index in [9.17, 15) is 0 Å². The Bertz CT molecular complexity index is 731. The number of anilines is 1. The van der Waals surface area contributed by atoms with Crippen molar-refractivity contribution in [3.8, 4) is 0 Å². The van der Waals surface area contributed by atoms with Gasteiger partial charge in [-0.05, 0) is 30.0 Å². The van der Waals surface area contributed by atoms with Crippen molar-refractivity contribution in [1.29, 1.82) is 0 Å². The molecule has 0 bridgehead atoms. The molecule has 3 rings (SSSR count). The Balaban J connectivity index is 1.96. The molecule has 0 heterocycles. The van der Waals surface area contributed by atoms with E-state index in [0.29, 0.717) is 0 Å². The van der Waals surface area contributed by atoms with Gasteiger partial charge in [-0.25, -0.2) is 0 Å². The average molecular weight is 282 g/mol. The van der Waals surface area contributed by atoms with Crippen LogP contribution in [-0.4, -0.2) is 0 Å². The second-order valence-corrected chi connectivity index (χ2v) is 5.32. The van der Waals surface area contributed by atoms with Gasteiger partial charge >= 0.3 is 0 Å². The first-order valence-electron chi connectivity index (χ1n) is 6.74. The Morgan fingerprint density at radius 3 is 2.40 bits per heavy atom. The zero-order valence-corrected chi connectivity index (χ0v) is 12.1. The van der Waals surface area contributed by atoms with Crippen LogP contribution >= 0.6 is 11.6 Å². The van der Waals surface area contributed by atoms with Gasteiger partial charge in [-0.1, -0.05) is 66.2 Å². The Kier molecular flexibility index (Phi) is 3.62. The average Bonchev–Trinajstić information content (AvgIpc) is 2.48. The molecule has 0 radical (unpaired) electrons. The lowest BCUT2D eigenvalue weighted by molar-refractivity contribution is 0.887. The predicted octanol–water partition coefficient (Wildman–Crippen LogP) is 5.67. The number of rotatable bonds is 3. The van der Waals surface area contributed by atoms with Gasteiger partial charge in [0.05, 0.1) is 6.04 Å². The number of nitrogens with one attached hydrogen (secondary N) is 1. The molecule has 0 fully saturated rings. The molecule has 1 nitrogen and oxygen atoms in total. The van der Waals surface area contributed by atoms with Gasteiger partial charge in [0.1, 0.15) is 0 Å². The van der Waals surface area contributed by atoms with Gasteiger partial charge in [0.15, 0.2) is 0 Å². The lowest BCUT2D eigenvalue weighted by Crippen LogP contribution is -2.07. The van der Waals surface area contributed by atoms with E-state index in [-0.39, 0.29) is 6.04 Å². The van der Waals surface area contributed by atoms with Gasteiger partial charge in [0, 0.05) is 16.1 Å². The third kappa shape index (κ3) is 2.50. The monoisotopic (exact) mass is 281 g/mol. The molecule has 1 N–H and O–H groups in total. The van der Waals surface area contributed by atoms with Crippen LogP contribution in [0.25, 0.3) is 10.8 Å². The van der Waals surface area contributed by atoms with Crippen LogP contribution < -0.4 is 5.32 Å². The minimum absolute atomic E-state index is 0.162. The zero-order chi connectivity index (χ0) is 13.9. The molecule has 1 atom stereocenters. The topological polar surface area (TPSA) is 12.0 Å². The molecule has 1 unspecified atom stereocenters. The maximum atomic E-state index is 6.26. The molecule has 100 valence electrons. The number of hydrogen-bond acceptors (Lipinski definition) is 1. The van der Waals surface area contributed by atoms with Gasteiger partial charge in [-0.15, -0.1) is 0 Å². The summed E-state index contributed by atoms with van der Waals surface area (Å²) in [6, 6.07) is 22.8. The van der Waals surface area contributed by atoms with E-state index < -0.39 is 0 Å². The van der Waals surface area contributed by atoms with Crippen LogP contribution in [0.1, 0.15) is 18.5 Å². The van der Waals surface area contributed by atoms with Crippen molar-refractivity contribution in [3.05, 3.63) is 77.3 Å². The van der Waals surface area contributed by atoms with Gasteiger partial charge < -0.3 is 5.32 Å². The zero-order valence-electron chi connectivity index (χ0n) is 11.3. The Morgan fingerprint density at radius 2 is 1.55 bits per heavy atom. The largest absolute Gasteiger partial charge is 0.378 e. The molecule has 20 heavy (non-hydrogen) atoms. The van der Waals surface area contributed by atoms with E-state index in [1.54, 1.807) is 0 Å². The lowest BCUT2D eigenvalue weighted by Gasteiger charge is -2.18. The Morgan fingerprint density at radius 1 is 0.850 bits per heavy atom. The van der Waals surface area contributed by atoms with Crippen molar-refractivity contribution in [2.75, 3.05) is 5.32 Å². The van der Waals surface area contributed by atoms with Crippen LogP contribution in [0.4, 0.5) is 5.69 Å². The normalized spacial score (nSPS) is 12.3. The van der Waals surface area contributed by atoms with Crippen LogP contribution in [0.5, 0.6) is 0 Å². The quantitative estimate of drug-likeness (QED) is 0.652. The summed E-state index contributed by atoms with van der Waals surface area (Å²) in [5.41, 5.74) is 2.25. The van der Waals surface area contributed by atoms with Crippen molar-refractivity contribution >= 4 is 28.1 Å². The fourth-order valence-electron chi connectivity index (χ4n) is 2.49. The van der Waals surface area contributed by atoms with Crippen molar-refractivity contribution in [2.45, 2.75) is 13.0 Å². The molecule has 0 saturated heterocycles. The smallest absolute Gasteiger partial charge is 0.0500 e. The lowest BCUT2D eigenvalue weighted by atomic mass is 10.1. The summed E-state index contributed by atoms with van der Waals surface area (Å²) in [6.45, 7) is 2.13. The van der Waals surface area contributed by atoms with Crippen molar-refractivity contribution in [2.24, 2.45) is 0 Å². The molecule has 0 amide bonds. The molecule has 0 aliphatic carbocycles. The highest BCUT2D eigenvalue weighted by Gasteiger charge is 2.10. The van der Waals surface area contributed by atoms with Crippen molar-refractivity contribution in [3.63, 3.8) is 0 Å². The molecule has 0 aromatic heterocycles. The molecule has 0 aliphatic rings. The van der Waals surface area contributed by atoms with Crippen LogP contribution in [0.15, 0.2) is 66.7 Å². The van der Waals surface area contributed by atoms with Crippen LogP contribution in [0.3, 0.4) is 0 Å².